The second-order valence-corrected chi connectivity index (χ2v) is 4.38. The lowest BCUT2D eigenvalue weighted by molar-refractivity contribution is 0.314. The smallest absolute Gasteiger partial charge is 0.418 e. The molecule has 0 aromatic heterocycles. The zero-order valence-electron chi connectivity index (χ0n) is 12.0. The highest BCUT2D eigenvalue weighted by Gasteiger charge is 2.25. The quantitative estimate of drug-likeness (QED) is 0.427. The molecular formula is C13H22BF4N. The van der Waals surface area contributed by atoms with E-state index in [1.807, 2.05) is 0 Å². The van der Waals surface area contributed by atoms with E-state index >= 15 is 0 Å². The van der Waals surface area contributed by atoms with Gasteiger partial charge in [0.15, 0.2) is 0 Å². The molecule has 0 aliphatic heterocycles. The minimum Gasteiger partial charge on any atom is -0.418 e. The first-order valence-corrected chi connectivity index (χ1v) is 6.49. The number of aryl methyl sites for hydroxylation is 1. The highest BCUT2D eigenvalue weighted by atomic mass is 19.5. The zero-order valence-corrected chi connectivity index (χ0v) is 12.0. The first-order chi connectivity index (χ1) is 8.70. The molecule has 0 saturated carbocycles. The molecule has 1 aromatic rings. The van der Waals surface area contributed by atoms with Gasteiger partial charge in [-0.25, -0.2) is 0 Å². The standard InChI is InChI=1S/C13H22N.BF4/c1-5-14(6-2,7-3)13-11-9-8-10-12(13)4;2-1(3,4)5/h8-11H,5-7H2,1-4H3;/q+1;-1. The number of quaternary nitrogens is 1. The number of hydrogen-bond acceptors (Lipinski definition) is 0. The summed E-state index contributed by atoms with van der Waals surface area (Å²) in [6.07, 6.45) is 0. The second kappa shape index (κ2) is 7.53. The SMILES string of the molecule is CC[N+](CC)(CC)c1ccccc1C.F[B-](F)(F)F. The molecule has 1 nitrogen and oxygen atoms in total. The lowest BCUT2D eigenvalue weighted by atomic mass is 10.1. The second-order valence-electron chi connectivity index (χ2n) is 4.38. The molecule has 0 N–H and O–H groups in total. The van der Waals surface area contributed by atoms with Crippen LogP contribution in [0.5, 0.6) is 0 Å². The number of hydrogen-bond donors (Lipinski definition) is 0. The molecule has 0 amide bonds. The van der Waals surface area contributed by atoms with Crippen molar-refractivity contribution in [1.82, 2.24) is 4.48 Å². The normalized spacial score (nSPS) is 11.8. The lowest BCUT2D eigenvalue weighted by Crippen LogP contribution is -2.49. The number of nitrogens with zero attached hydrogens (tertiary/aromatic N) is 1. The van der Waals surface area contributed by atoms with Gasteiger partial charge in [0, 0.05) is 5.56 Å². The number of para-hydroxylation sites is 1. The van der Waals surface area contributed by atoms with Gasteiger partial charge >= 0.3 is 7.25 Å². The number of benzene rings is 1. The molecule has 19 heavy (non-hydrogen) atoms. The summed E-state index contributed by atoms with van der Waals surface area (Å²) in [7, 11) is -6.00. The fraction of sp³-hybridized carbons (Fsp3) is 0.538. The minimum absolute atomic E-state index is 1.10. The lowest BCUT2D eigenvalue weighted by Gasteiger charge is -2.36. The molecule has 0 aliphatic rings. The van der Waals surface area contributed by atoms with Crippen LogP contribution in [0.2, 0.25) is 0 Å². The van der Waals surface area contributed by atoms with Crippen LogP contribution in [0, 0.1) is 6.92 Å². The van der Waals surface area contributed by atoms with Crippen molar-refractivity contribution in [3.63, 3.8) is 0 Å². The summed E-state index contributed by atoms with van der Waals surface area (Å²) in [5.41, 5.74) is 2.90. The summed E-state index contributed by atoms with van der Waals surface area (Å²) in [5, 5.41) is 0. The van der Waals surface area contributed by atoms with Gasteiger partial charge < -0.3 is 17.3 Å². The molecule has 110 valence electrons. The van der Waals surface area contributed by atoms with E-state index in [0.717, 1.165) is 4.48 Å². The summed E-state index contributed by atoms with van der Waals surface area (Å²) < 4.78 is 40.1. The molecule has 0 atom stereocenters. The van der Waals surface area contributed by atoms with Crippen molar-refractivity contribution in [1.29, 1.82) is 0 Å². The average Bonchev–Trinajstić information content (AvgIpc) is 2.32. The van der Waals surface area contributed by atoms with Crippen molar-refractivity contribution in [2.45, 2.75) is 27.7 Å². The molecule has 6 heteroatoms. The van der Waals surface area contributed by atoms with Crippen molar-refractivity contribution in [2.75, 3.05) is 19.6 Å². The fourth-order valence-electron chi connectivity index (χ4n) is 2.28. The first kappa shape index (κ1) is 18.0. The third-order valence-corrected chi connectivity index (χ3v) is 3.44. The van der Waals surface area contributed by atoms with Crippen molar-refractivity contribution in [2.24, 2.45) is 0 Å². The summed E-state index contributed by atoms with van der Waals surface area (Å²) in [6, 6.07) is 8.75. The Morgan fingerprint density at radius 3 is 1.58 bits per heavy atom. The molecule has 0 spiro atoms. The Bertz CT molecular complexity index is 361. The monoisotopic (exact) mass is 279 g/mol. The van der Waals surface area contributed by atoms with Crippen molar-refractivity contribution >= 4 is 12.9 Å². The van der Waals surface area contributed by atoms with Gasteiger partial charge in [-0.2, -0.15) is 0 Å². The van der Waals surface area contributed by atoms with E-state index in [1.165, 1.54) is 30.9 Å². The molecule has 1 rings (SSSR count). The molecule has 1 aromatic carbocycles. The Balaban J connectivity index is 0.000000555. The van der Waals surface area contributed by atoms with Crippen LogP contribution in [0.4, 0.5) is 23.0 Å². The van der Waals surface area contributed by atoms with Gasteiger partial charge in [0.1, 0.15) is 5.69 Å². The van der Waals surface area contributed by atoms with Gasteiger partial charge in [0.05, 0.1) is 19.6 Å². The van der Waals surface area contributed by atoms with Crippen LogP contribution in [0.15, 0.2) is 24.3 Å². The highest BCUT2D eigenvalue weighted by Crippen LogP contribution is 2.26. The Morgan fingerprint density at radius 1 is 0.895 bits per heavy atom. The summed E-state index contributed by atoms with van der Waals surface area (Å²) in [6.45, 7) is 12.6. The summed E-state index contributed by atoms with van der Waals surface area (Å²) in [5.74, 6) is 0. The van der Waals surface area contributed by atoms with Crippen LogP contribution in [0.25, 0.3) is 0 Å². The molecule has 0 aliphatic carbocycles. The van der Waals surface area contributed by atoms with Crippen LogP contribution in [0.3, 0.4) is 0 Å². The van der Waals surface area contributed by atoms with Crippen molar-refractivity contribution in [3.8, 4) is 0 Å². The maximum Gasteiger partial charge on any atom is 0.673 e. The van der Waals surface area contributed by atoms with Gasteiger partial charge in [-0.3, -0.25) is 4.48 Å². The Kier molecular flexibility index (Phi) is 7.12. The van der Waals surface area contributed by atoms with Gasteiger partial charge in [0.2, 0.25) is 0 Å². The summed E-state index contributed by atoms with van der Waals surface area (Å²) in [4.78, 5) is 0. The minimum atomic E-state index is -6.00. The van der Waals surface area contributed by atoms with E-state index in [-0.39, 0.29) is 0 Å². The largest absolute Gasteiger partial charge is 0.673 e. The predicted molar refractivity (Wildman–Crippen MR) is 74.8 cm³/mol. The maximum absolute atomic E-state index is 9.75. The molecule has 0 heterocycles. The van der Waals surface area contributed by atoms with Gasteiger partial charge in [-0.15, -0.1) is 0 Å². The molecular weight excluding hydrogens is 257 g/mol. The number of rotatable bonds is 4. The van der Waals surface area contributed by atoms with E-state index in [4.69, 9.17) is 0 Å². The summed E-state index contributed by atoms with van der Waals surface area (Å²) >= 11 is 0. The van der Waals surface area contributed by atoms with E-state index in [2.05, 4.69) is 52.0 Å². The fourth-order valence-corrected chi connectivity index (χ4v) is 2.28. The molecule has 0 bridgehead atoms. The van der Waals surface area contributed by atoms with Crippen molar-refractivity contribution in [3.05, 3.63) is 29.8 Å². The zero-order chi connectivity index (χ0) is 15.1. The Morgan fingerprint density at radius 2 is 1.26 bits per heavy atom. The van der Waals surface area contributed by atoms with Crippen LogP contribution < -0.4 is 4.48 Å². The predicted octanol–water partition coefficient (Wildman–Crippen LogP) is 4.66. The molecule has 0 fully saturated rings. The number of halogens is 4. The van der Waals surface area contributed by atoms with Gasteiger partial charge in [0.25, 0.3) is 0 Å². The van der Waals surface area contributed by atoms with Gasteiger partial charge in [-0.1, -0.05) is 18.2 Å². The third-order valence-electron chi connectivity index (χ3n) is 3.44. The third kappa shape index (κ3) is 6.10. The molecule has 0 unspecified atom stereocenters. The topological polar surface area (TPSA) is 0 Å². The Hall–Kier alpha value is -1.04. The van der Waals surface area contributed by atoms with Crippen molar-refractivity contribution < 1.29 is 17.3 Å². The van der Waals surface area contributed by atoms with Crippen LogP contribution in [0.1, 0.15) is 26.3 Å². The van der Waals surface area contributed by atoms with Crippen LogP contribution in [-0.4, -0.2) is 26.9 Å². The van der Waals surface area contributed by atoms with E-state index in [1.54, 1.807) is 0 Å². The Labute approximate surface area is 112 Å². The first-order valence-electron chi connectivity index (χ1n) is 6.49. The van der Waals surface area contributed by atoms with E-state index in [9.17, 15) is 17.3 Å². The van der Waals surface area contributed by atoms with E-state index < -0.39 is 7.25 Å². The highest BCUT2D eigenvalue weighted by molar-refractivity contribution is 6.50. The maximum atomic E-state index is 9.75. The average molecular weight is 279 g/mol. The molecule has 0 saturated heterocycles. The van der Waals surface area contributed by atoms with Crippen LogP contribution in [-0.2, 0) is 0 Å². The van der Waals surface area contributed by atoms with Crippen LogP contribution >= 0.6 is 0 Å². The molecule has 0 radical (unpaired) electrons. The van der Waals surface area contributed by atoms with Gasteiger partial charge in [-0.05, 0) is 33.8 Å². The van der Waals surface area contributed by atoms with E-state index in [0.29, 0.717) is 0 Å².